The monoisotopic (exact) mass is 410 g/mol. The van der Waals surface area contributed by atoms with Crippen LogP contribution in [0, 0.1) is 0 Å². The first-order chi connectivity index (χ1) is 12.9. The summed E-state index contributed by atoms with van der Waals surface area (Å²) in [7, 11) is 0. The molecule has 0 atom stereocenters. The largest absolute Gasteiger partial charge is 0.482 e. The number of carbonyl (C=O) groups is 2. The molecule has 1 aliphatic rings. The molecule has 8 nitrogen and oxygen atoms in total. The van der Waals surface area contributed by atoms with Crippen molar-refractivity contribution in [2.45, 2.75) is 0 Å². The average Bonchev–Trinajstić information content (AvgIpc) is 2.67. The second-order valence-electron chi connectivity index (χ2n) is 5.84. The third-order valence-corrected chi connectivity index (χ3v) is 4.59. The fourth-order valence-electron chi connectivity index (χ4n) is 2.61. The van der Waals surface area contributed by atoms with Crippen molar-refractivity contribution in [3.05, 3.63) is 56.4 Å². The molecule has 1 aromatic heterocycles. The van der Waals surface area contributed by atoms with Crippen LogP contribution >= 0.6 is 23.2 Å². The van der Waals surface area contributed by atoms with Crippen molar-refractivity contribution in [2.24, 2.45) is 0 Å². The number of carbonyl (C=O) groups excluding carboxylic acids is 2. The van der Waals surface area contributed by atoms with Crippen molar-refractivity contribution < 1.29 is 14.3 Å². The molecule has 0 saturated carbocycles. The van der Waals surface area contributed by atoms with Crippen LogP contribution in [0.25, 0.3) is 0 Å². The van der Waals surface area contributed by atoms with E-state index in [4.69, 9.17) is 27.9 Å². The first-order valence-corrected chi connectivity index (χ1v) is 8.90. The van der Waals surface area contributed by atoms with Crippen LogP contribution in [0.2, 0.25) is 10.0 Å². The summed E-state index contributed by atoms with van der Waals surface area (Å²) in [6, 6.07) is 7.40. The van der Waals surface area contributed by atoms with Gasteiger partial charge in [0.05, 0.1) is 5.02 Å². The quantitative estimate of drug-likeness (QED) is 0.822. The Morgan fingerprint density at radius 2 is 1.78 bits per heavy atom. The number of halogens is 2. The molecule has 0 radical (unpaired) electrons. The number of piperazine rings is 1. The van der Waals surface area contributed by atoms with Gasteiger partial charge in [0.25, 0.3) is 17.4 Å². The molecule has 2 aromatic rings. The van der Waals surface area contributed by atoms with Gasteiger partial charge in [0.15, 0.2) is 6.61 Å². The average molecular weight is 411 g/mol. The number of hydrogen-bond acceptors (Lipinski definition) is 5. The molecule has 0 spiro atoms. The van der Waals surface area contributed by atoms with Gasteiger partial charge in [-0.25, -0.2) is 5.10 Å². The van der Waals surface area contributed by atoms with Crippen LogP contribution in [0.5, 0.6) is 5.75 Å². The van der Waals surface area contributed by atoms with E-state index in [9.17, 15) is 14.4 Å². The predicted molar refractivity (Wildman–Crippen MR) is 99.3 cm³/mol. The Kier molecular flexibility index (Phi) is 5.98. The van der Waals surface area contributed by atoms with Gasteiger partial charge in [-0.2, -0.15) is 5.10 Å². The Morgan fingerprint density at radius 3 is 2.41 bits per heavy atom. The Labute approximate surface area is 164 Å². The zero-order valence-electron chi connectivity index (χ0n) is 14.2. The van der Waals surface area contributed by atoms with Gasteiger partial charge in [0, 0.05) is 37.3 Å². The summed E-state index contributed by atoms with van der Waals surface area (Å²) in [4.78, 5) is 38.9. The van der Waals surface area contributed by atoms with Gasteiger partial charge < -0.3 is 14.5 Å². The molecule has 3 rings (SSSR count). The lowest BCUT2D eigenvalue weighted by atomic mass is 10.2. The minimum Gasteiger partial charge on any atom is -0.482 e. The SMILES string of the molecule is O=C(COc1ccc(Cl)cc1Cl)N1CCN(C(=O)c2ccc(=O)[nH]n2)CC1. The van der Waals surface area contributed by atoms with E-state index in [0.29, 0.717) is 42.0 Å². The van der Waals surface area contributed by atoms with Crippen LogP contribution in [0.1, 0.15) is 10.5 Å². The molecule has 0 bridgehead atoms. The van der Waals surface area contributed by atoms with Gasteiger partial charge >= 0.3 is 0 Å². The highest BCUT2D eigenvalue weighted by Crippen LogP contribution is 2.27. The van der Waals surface area contributed by atoms with E-state index in [1.54, 1.807) is 21.9 Å². The predicted octanol–water partition coefficient (Wildman–Crippen LogP) is 1.44. The summed E-state index contributed by atoms with van der Waals surface area (Å²) < 4.78 is 5.46. The minimum absolute atomic E-state index is 0.156. The molecule has 2 heterocycles. The van der Waals surface area contributed by atoms with Gasteiger partial charge in [0.1, 0.15) is 11.4 Å². The van der Waals surface area contributed by atoms with Crippen molar-refractivity contribution >= 4 is 35.0 Å². The third kappa shape index (κ3) is 4.78. The molecule has 10 heteroatoms. The number of ether oxygens (including phenoxy) is 1. The highest BCUT2D eigenvalue weighted by atomic mass is 35.5. The first-order valence-electron chi connectivity index (χ1n) is 8.14. The maximum absolute atomic E-state index is 12.4. The highest BCUT2D eigenvalue weighted by molar-refractivity contribution is 6.35. The molecule has 0 unspecified atom stereocenters. The topological polar surface area (TPSA) is 95.6 Å². The van der Waals surface area contributed by atoms with E-state index < -0.39 is 0 Å². The van der Waals surface area contributed by atoms with Crippen LogP contribution in [-0.2, 0) is 4.79 Å². The van der Waals surface area contributed by atoms with E-state index in [-0.39, 0.29) is 29.7 Å². The fraction of sp³-hybridized carbons (Fsp3) is 0.294. The van der Waals surface area contributed by atoms with E-state index >= 15 is 0 Å². The van der Waals surface area contributed by atoms with Gasteiger partial charge in [-0.1, -0.05) is 23.2 Å². The van der Waals surface area contributed by atoms with Gasteiger partial charge in [-0.05, 0) is 24.3 Å². The van der Waals surface area contributed by atoms with E-state index in [2.05, 4.69) is 10.2 Å². The smallest absolute Gasteiger partial charge is 0.274 e. The number of H-pyrrole nitrogens is 1. The van der Waals surface area contributed by atoms with E-state index in [1.807, 2.05) is 0 Å². The van der Waals surface area contributed by atoms with Crippen LogP contribution in [0.15, 0.2) is 35.1 Å². The summed E-state index contributed by atoms with van der Waals surface area (Å²) in [5, 5.41) is 6.78. The normalized spacial score (nSPS) is 14.1. The molecular formula is C17H16Cl2N4O4. The second-order valence-corrected chi connectivity index (χ2v) is 6.69. The van der Waals surface area contributed by atoms with Crippen LogP contribution in [0.3, 0.4) is 0 Å². The van der Waals surface area contributed by atoms with Crippen molar-refractivity contribution in [3.8, 4) is 5.75 Å². The van der Waals surface area contributed by atoms with Crippen molar-refractivity contribution in [2.75, 3.05) is 32.8 Å². The summed E-state index contributed by atoms with van der Waals surface area (Å²) in [6.45, 7) is 1.34. The molecule has 1 saturated heterocycles. The maximum Gasteiger partial charge on any atom is 0.274 e. The number of aromatic amines is 1. The maximum atomic E-state index is 12.4. The Balaban J connectivity index is 1.51. The third-order valence-electron chi connectivity index (χ3n) is 4.06. The van der Waals surface area contributed by atoms with Gasteiger partial charge in [0.2, 0.25) is 0 Å². The van der Waals surface area contributed by atoms with E-state index in [1.165, 1.54) is 18.2 Å². The molecule has 1 aromatic carbocycles. The highest BCUT2D eigenvalue weighted by Gasteiger charge is 2.25. The Morgan fingerprint density at radius 1 is 1.07 bits per heavy atom. The summed E-state index contributed by atoms with van der Waals surface area (Å²) in [5.74, 6) is -0.106. The van der Waals surface area contributed by atoms with Crippen LogP contribution < -0.4 is 10.3 Å². The zero-order valence-corrected chi connectivity index (χ0v) is 15.7. The number of amides is 2. The molecule has 0 aliphatic carbocycles. The van der Waals surface area contributed by atoms with Gasteiger partial charge in [-0.15, -0.1) is 0 Å². The van der Waals surface area contributed by atoms with Crippen LogP contribution in [-0.4, -0.2) is 64.6 Å². The lowest BCUT2D eigenvalue weighted by molar-refractivity contribution is -0.134. The fourth-order valence-corrected chi connectivity index (χ4v) is 3.07. The van der Waals surface area contributed by atoms with E-state index in [0.717, 1.165) is 0 Å². The van der Waals surface area contributed by atoms with Crippen molar-refractivity contribution in [1.29, 1.82) is 0 Å². The molecule has 142 valence electrons. The van der Waals surface area contributed by atoms with Crippen LogP contribution in [0.4, 0.5) is 0 Å². The molecule has 27 heavy (non-hydrogen) atoms. The molecule has 1 aliphatic heterocycles. The Hall–Kier alpha value is -2.58. The summed E-state index contributed by atoms with van der Waals surface area (Å²) >= 11 is 11.8. The number of nitrogens with zero attached hydrogens (tertiary/aromatic N) is 3. The molecule has 1 N–H and O–H groups in total. The Bertz CT molecular complexity index is 890. The summed E-state index contributed by atoms with van der Waals surface area (Å²) in [5.41, 5.74) is -0.210. The number of benzene rings is 1. The number of hydrogen-bond donors (Lipinski definition) is 1. The molecule has 1 fully saturated rings. The number of rotatable bonds is 4. The lowest BCUT2D eigenvalue weighted by Crippen LogP contribution is -2.51. The lowest BCUT2D eigenvalue weighted by Gasteiger charge is -2.34. The van der Waals surface area contributed by atoms with Crippen molar-refractivity contribution in [3.63, 3.8) is 0 Å². The number of nitrogens with one attached hydrogen (secondary N) is 1. The molecular weight excluding hydrogens is 395 g/mol. The minimum atomic E-state index is -0.372. The standard InChI is InChI=1S/C17H16Cl2N4O4/c18-11-1-3-14(12(19)9-11)27-10-16(25)22-5-7-23(8-6-22)17(26)13-2-4-15(24)21-20-13/h1-4,9H,5-8,10H2,(H,21,24). The molecule has 2 amide bonds. The number of aromatic nitrogens is 2. The second kappa shape index (κ2) is 8.41. The first kappa shape index (κ1) is 19.2. The zero-order chi connectivity index (χ0) is 19.4. The summed E-state index contributed by atoms with van der Waals surface area (Å²) in [6.07, 6.45) is 0. The van der Waals surface area contributed by atoms with Crippen molar-refractivity contribution in [1.82, 2.24) is 20.0 Å². The van der Waals surface area contributed by atoms with Gasteiger partial charge in [-0.3, -0.25) is 14.4 Å².